The summed E-state index contributed by atoms with van der Waals surface area (Å²) in [6, 6.07) is 5.02. The Balaban J connectivity index is 1.87. The Morgan fingerprint density at radius 3 is 2.59 bits per heavy atom. The fraction of sp³-hybridized carbons (Fsp3) is 0.267. The lowest BCUT2D eigenvalue weighted by Crippen LogP contribution is -2.41. The zero-order chi connectivity index (χ0) is 15.9. The van der Waals surface area contributed by atoms with Gasteiger partial charge in [-0.3, -0.25) is 4.79 Å². The van der Waals surface area contributed by atoms with Crippen molar-refractivity contribution in [3.05, 3.63) is 52.0 Å². The van der Waals surface area contributed by atoms with E-state index in [0.29, 0.717) is 22.4 Å². The lowest BCUT2D eigenvalue weighted by atomic mass is 10.0. The molecule has 1 amide bonds. The summed E-state index contributed by atoms with van der Waals surface area (Å²) in [7, 11) is 0. The van der Waals surface area contributed by atoms with Crippen LogP contribution in [0.4, 0.5) is 0 Å². The smallest absolute Gasteiger partial charge is 0.323 e. The molecule has 114 valence electrons. The second-order valence-corrected chi connectivity index (χ2v) is 5.83. The molecule has 4 N–H and O–H groups in total. The van der Waals surface area contributed by atoms with E-state index in [-0.39, 0.29) is 11.6 Å². The van der Waals surface area contributed by atoms with Gasteiger partial charge in [0.1, 0.15) is 5.82 Å². The Bertz CT molecular complexity index is 900. The van der Waals surface area contributed by atoms with Crippen LogP contribution in [0.15, 0.2) is 29.2 Å². The van der Waals surface area contributed by atoms with Crippen molar-refractivity contribution in [2.75, 3.05) is 0 Å². The summed E-state index contributed by atoms with van der Waals surface area (Å²) in [5.41, 5.74) is 1.75. The van der Waals surface area contributed by atoms with Crippen molar-refractivity contribution in [2.45, 2.75) is 26.3 Å². The minimum Gasteiger partial charge on any atom is -0.344 e. The van der Waals surface area contributed by atoms with E-state index in [4.69, 9.17) is 0 Å². The summed E-state index contributed by atoms with van der Waals surface area (Å²) in [6.45, 7) is 5.66. The topological polar surface area (TPSA) is 106 Å². The third kappa shape index (κ3) is 2.52. The maximum Gasteiger partial charge on any atom is 0.323 e. The number of H-pyrrole nitrogens is 3. The Kier molecular flexibility index (Phi) is 3.13. The molecule has 0 atom stereocenters. The number of aryl methyl sites for hydroxylation is 1. The van der Waals surface area contributed by atoms with Crippen LogP contribution >= 0.6 is 0 Å². The highest BCUT2D eigenvalue weighted by Crippen LogP contribution is 2.18. The van der Waals surface area contributed by atoms with Gasteiger partial charge < -0.3 is 20.3 Å². The minimum atomic E-state index is -0.633. The predicted octanol–water partition coefficient (Wildman–Crippen LogP) is 1.55. The van der Waals surface area contributed by atoms with Gasteiger partial charge in [-0.2, -0.15) is 0 Å². The quantitative estimate of drug-likeness (QED) is 0.589. The van der Waals surface area contributed by atoms with Crippen molar-refractivity contribution in [1.29, 1.82) is 0 Å². The molecule has 0 radical (unpaired) electrons. The fourth-order valence-electron chi connectivity index (χ4n) is 2.32. The van der Waals surface area contributed by atoms with E-state index < -0.39 is 5.54 Å². The van der Waals surface area contributed by atoms with Crippen molar-refractivity contribution < 1.29 is 4.79 Å². The average Bonchev–Trinajstić information content (AvgIpc) is 3.02. The first kappa shape index (κ1) is 14.1. The molecule has 7 nitrogen and oxygen atoms in total. The normalized spacial score (nSPS) is 11.8. The number of fused-ring (bicyclic) bond motifs is 1. The number of hydrogen-bond donors (Lipinski definition) is 4. The van der Waals surface area contributed by atoms with Crippen LogP contribution in [-0.4, -0.2) is 25.8 Å². The van der Waals surface area contributed by atoms with Crippen LogP contribution in [0.5, 0.6) is 0 Å². The molecular formula is C15H17N5O2. The molecule has 3 aromatic rings. The van der Waals surface area contributed by atoms with E-state index in [1.54, 1.807) is 24.4 Å². The number of imidazole rings is 2. The first-order valence-electron chi connectivity index (χ1n) is 6.92. The number of aromatic nitrogens is 4. The number of carbonyl (C=O) groups excluding carboxylic acids is 1. The van der Waals surface area contributed by atoms with E-state index in [1.165, 1.54) is 0 Å². The van der Waals surface area contributed by atoms with Crippen molar-refractivity contribution in [3.8, 4) is 0 Å². The van der Waals surface area contributed by atoms with Gasteiger partial charge in [-0.25, -0.2) is 9.78 Å². The summed E-state index contributed by atoms with van der Waals surface area (Å²) < 4.78 is 0. The number of aromatic amines is 3. The molecule has 0 aliphatic rings. The lowest BCUT2D eigenvalue weighted by Gasteiger charge is -2.24. The van der Waals surface area contributed by atoms with Crippen LogP contribution < -0.4 is 11.0 Å². The van der Waals surface area contributed by atoms with Crippen LogP contribution in [-0.2, 0) is 5.54 Å². The van der Waals surface area contributed by atoms with Gasteiger partial charge in [0, 0.05) is 17.5 Å². The molecule has 1 aromatic carbocycles. The molecule has 0 aliphatic heterocycles. The van der Waals surface area contributed by atoms with Gasteiger partial charge in [-0.05, 0) is 39.0 Å². The molecule has 0 spiro atoms. The number of nitrogens with one attached hydrogen (secondary N) is 4. The van der Waals surface area contributed by atoms with Crippen LogP contribution in [0.25, 0.3) is 11.0 Å². The highest BCUT2D eigenvalue weighted by atomic mass is 16.2. The minimum absolute atomic E-state index is 0.233. The van der Waals surface area contributed by atoms with Gasteiger partial charge >= 0.3 is 5.69 Å². The van der Waals surface area contributed by atoms with Crippen LogP contribution in [0, 0.1) is 6.92 Å². The van der Waals surface area contributed by atoms with Gasteiger partial charge in [0.15, 0.2) is 0 Å². The van der Waals surface area contributed by atoms with E-state index in [0.717, 1.165) is 5.69 Å². The zero-order valence-corrected chi connectivity index (χ0v) is 12.6. The van der Waals surface area contributed by atoms with Crippen LogP contribution in [0.1, 0.15) is 35.7 Å². The molecule has 0 saturated heterocycles. The van der Waals surface area contributed by atoms with Gasteiger partial charge in [0.05, 0.1) is 16.6 Å². The highest BCUT2D eigenvalue weighted by molar-refractivity contribution is 5.97. The predicted molar refractivity (Wildman–Crippen MR) is 82.7 cm³/mol. The molecule has 0 bridgehead atoms. The molecule has 0 aliphatic carbocycles. The van der Waals surface area contributed by atoms with E-state index in [9.17, 15) is 9.59 Å². The van der Waals surface area contributed by atoms with E-state index in [1.807, 2.05) is 20.8 Å². The first-order valence-corrected chi connectivity index (χ1v) is 6.92. The number of carbonyl (C=O) groups is 1. The first-order chi connectivity index (χ1) is 10.3. The molecular weight excluding hydrogens is 282 g/mol. The molecule has 0 unspecified atom stereocenters. The van der Waals surface area contributed by atoms with Crippen LogP contribution in [0.3, 0.4) is 0 Å². The van der Waals surface area contributed by atoms with Gasteiger partial charge in [-0.1, -0.05) is 0 Å². The largest absolute Gasteiger partial charge is 0.344 e. The Labute approximate surface area is 126 Å². The number of benzene rings is 1. The number of hydrogen-bond acceptors (Lipinski definition) is 3. The number of nitrogens with zero attached hydrogens (tertiary/aromatic N) is 1. The molecule has 2 aromatic heterocycles. The second kappa shape index (κ2) is 4.87. The molecule has 2 heterocycles. The van der Waals surface area contributed by atoms with Crippen molar-refractivity contribution in [1.82, 2.24) is 25.3 Å². The standard InChI is InChI=1S/C15H17N5O2/c1-8-7-16-13(17-8)15(2,3)20-12(21)9-4-5-10-11(6-9)19-14(22)18-10/h4-7H,1-3H3,(H,16,17)(H,20,21)(H2,18,19,22). The van der Waals surface area contributed by atoms with Gasteiger partial charge in [-0.15, -0.1) is 0 Å². The summed E-state index contributed by atoms with van der Waals surface area (Å²) in [6.07, 6.45) is 1.72. The monoisotopic (exact) mass is 299 g/mol. The maximum atomic E-state index is 12.4. The number of amides is 1. The zero-order valence-electron chi connectivity index (χ0n) is 12.6. The summed E-state index contributed by atoms with van der Waals surface area (Å²) in [5.74, 6) is 0.456. The molecule has 0 fully saturated rings. The third-order valence-electron chi connectivity index (χ3n) is 3.50. The van der Waals surface area contributed by atoms with Gasteiger partial charge in [0.2, 0.25) is 0 Å². The highest BCUT2D eigenvalue weighted by Gasteiger charge is 2.26. The van der Waals surface area contributed by atoms with Crippen molar-refractivity contribution in [3.63, 3.8) is 0 Å². The summed E-state index contributed by atoms with van der Waals surface area (Å²) in [4.78, 5) is 36.4. The van der Waals surface area contributed by atoms with Crippen molar-refractivity contribution >= 4 is 16.9 Å². The molecule has 3 rings (SSSR count). The summed E-state index contributed by atoms with van der Waals surface area (Å²) in [5, 5.41) is 2.94. The second-order valence-electron chi connectivity index (χ2n) is 5.83. The number of rotatable bonds is 3. The Morgan fingerprint density at radius 1 is 1.18 bits per heavy atom. The molecule has 22 heavy (non-hydrogen) atoms. The van der Waals surface area contributed by atoms with E-state index >= 15 is 0 Å². The van der Waals surface area contributed by atoms with Gasteiger partial charge in [0.25, 0.3) is 5.91 Å². The van der Waals surface area contributed by atoms with E-state index in [2.05, 4.69) is 25.3 Å². The fourth-order valence-corrected chi connectivity index (χ4v) is 2.32. The maximum absolute atomic E-state index is 12.4. The lowest BCUT2D eigenvalue weighted by molar-refractivity contribution is 0.0909. The Morgan fingerprint density at radius 2 is 1.91 bits per heavy atom. The van der Waals surface area contributed by atoms with Crippen molar-refractivity contribution in [2.24, 2.45) is 0 Å². The summed E-state index contributed by atoms with van der Waals surface area (Å²) >= 11 is 0. The third-order valence-corrected chi connectivity index (χ3v) is 3.50. The SMILES string of the molecule is Cc1cnc(C(C)(C)NC(=O)c2ccc3[nH]c(=O)[nH]c3c2)[nH]1. The molecule has 7 heteroatoms. The Hall–Kier alpha value is -2.83. The van der Waals surface area contributed by atoms with Crippen LogP contribution in [0.2, 0.25) is 0 Å². The molecule has 0 saturated carbocycles. The average molecular weight is 299 g/mol.